The minimum atomic E-state index is -4.74. The van der Waals surface area contributed by atoms with Crippen molar-refractivity contribution in [2.45, 2.75) is 19.2 Å². The molecule has 114 valence electrons. The summed E-state index contributed by atoms with van der Waals surface area (Å²) in [6, 6.07) is 4.47. The highest BCUT2D eigenvalue weighted by Gasteiger charge is 2.31. The third kappa shape index (κ3) is 4.66. The van der Waals surface area contributed by atoms with Crippen molar-refractivity contribution in [3.05, 3.63) is 24.3 Å². The first-order chi connectivity index (χ1) is 9.83. The molecule has 0 saturated carbocycles. The molecule has 1 N–H and O–H groups in total. The smallest absolute Gasteiger partial charge is 0.406 e. The van der Waals surface area contributed by atoms with Crippen molar-refractivity contribution >= 4 is 17.5 Å². The molecule has 5 nitrogen and oxygen atoms in total. The lowest BCUT2D eigenvalue weighted by atomic mass is 10.1. The van der Waals surface area contributed by atoms with E-state index in [-0.39, 0.29) is 17.6 Å². The van der Waals surface area contributed by atoms with Crippen LogP contribution >= 0.6 is 0 Å². The number of ketones is 1. The van der Waals surface area contributed by atoms with Crippen LogP contribution in [0.15, 0.2) is 24.3 Å². The van der Waals surface area contributed by atoms with Gasteiger partial charge >= 0.3 is 12.4 Å². The first-order valence-electron chi connectivity index (χ1n) is 6.27. The topological polar surface area (TPSA) is 58.6 Å². The zero-order valence-corrected chi connectivity index (χ0v) is 10.9. The predicted octanol–water partition coefficient (Wildman–Crippen LogP) is 2.78. The summed E-state index contributed by atoms with van der Waals surface area (Å²) in [5, 5.41) is 2.56. The Morgan fingerprint density at radius 1 is 1.14 bits per heavy atom. The number of rotatable bonds is 2. The monoisotopic (exact) mass is 302 g/mol. The number of alkyl halides is 3. The van der Waals surface area contributed by atoms with Crippen LogP contribution in [0.5, 0.6) is 5.75 Å². The summed E-state index contributed by atoms with van der Waals surface area (Å²) >= 11 is 0. The third-order valence-corrected chi connectivity index (χ3v) is 2.95. The van der Waals surface area contributed by atoms with Gasteiger partial charge < -0.3 is 15.0 Å². The molecule has 1 aromatic carbocycles. The van der Waals surface area contributed by atoms with E-state index in [1.807, 2.05) is 0 Å². The first kappa shape index (κ1) is 15.1. The quantitative estimate of drug-likeness (QED) is 0.914. The highest BCUT2D eigenvalue weighted by atomic mass is 19.4. The molecular formula is C13H13F3N2O3. The Balaban J connectivity index is 1.91. The van der Waals surface area contributed by atoms with E-state index in [1.165, 1.54) is 17.0 Å². The Kier molecular flexibility index (Phi) is 4.35. The average Bonchev–Trinajstić information content (AvgIpc) is 2.40. The maximum absolute atomic E-state index is 12.0. The molecular weight excluding hydrogens is 289 g/mol. The molecule has 0 aliphatic carbocycles. The number of anilines is 1. The van der Waals surface area contributed by atoms with Crippen molar-refractivity contribution in [1.29, 1.82) is 0 Å². The molecule has 2 rings (SSSR count). The Bertz CT molecular complexity index is 518. The van der Waals surface area contributed by atoms with Gasteiger partial charge in [-0.3, -0.25) is 4.79 Å². The number of piperidine rings is 1. The summed E-state index contributed by atoms with van der Waals surface area (Å²) in [6.07, 6.45) is -4.09. The van der Waals surface area contributed by atoms with E-state index in [0.29, 0.717) is 31.6 Å². The average molecular weight is 302 g/mol. The Hall–Kier alpha value is -2.25. The van der Waals surface area contributed by atoms with Gasteiger partial charge in [0.1, 0.15) is 11.5 Å². The van der Waals surface area contributed by atoms with E-state index >= 15 is 0 Å². The number of likely N-dealkylation sites (tertiary alicyclic amines) is 1. The summed E-state index contributed by atoms with van der Waals surface area (Å²) in [4.78, 5) is 24.4. The number of halogens is 3. The van der Waals surface area contributed by atoms with Crippen LogP contribution in [0.4, 0.5) is 23.7 Å². The van der Waals surface area contributed by atoms with E-state index in [0.717, 1.165) is 12.1 Å². The highest BCUT2D eigenvalue weighted by Crippen LogP contribution is 2.24. The SMILES string of the molecule is O=C1CCN(C(=O)Nc2ccc(OC(F)(F)F)cc2)CC1. The van der Waals surface area contributed by atoms with Crippen LogP contribution in [-0.4, -0.2) is 36.2 Å². The van der Waals surface area contributed by atoms with Crippen molar-refractivity contribution in [3.63, 3.8) is 0 Å². The van der Waals surface area contributed by atoms with Crippen LogP contribution in [0.3, 0.4) is 0 Å². The molecule has 1 aliphatic heterocycles. The molecule has 1 aromatic rings. The van der Waals surface area contributed by atoms with E-state index in [4.69, 9.17) is 0 Å². The molecule has 0 unspecified atom stereocenters. The number of carbonyl (C=O) groups is 2. The van der Waals surface area contributed by atoms with Crippen LogP contribution < -0.4 is 10.1 Å². The van der Waals surface area contributed by atoms with E-state index < -0.39 is 6.36 Å². The van der Waals surface area contributed by atoms with Gasteiger partial charge in [-0.1, -0.05) is 0 Å². The normalized spacial score (nSPS) is 15.8. The second-order valence-corrected chi connectivity index (χ2v) is 4.53. The summed E-state index contributed by atoms with van der Waals surface area (Å²) < 4.78 is 39.7. The van der Waals surface area contributed by atoms with Gasteiger partial charge in [0.05, 0.1) is 0 Å². The molecule has 2 amide bonds. The van der Waals surface area contributed by atoms with Crippen molar-refractivity contribution in [2.75, 3.05) is 18.4 Å². The molecule has 8 heteroatoms. The van der Waals surface area contributed by atoms with Gasteiger partial charge in [0, 0.05) is 31.6 Å². The number of amides is 2. The highest BCUT2D eigenvalue weighted by molar-refractivity contribution is 5.91. The van der Waals surface area contributed by atoms with Gasteiger partial charge in [0.25, 0.3) is 0 Å². The zero-order valence-electron chi connectivity index (χ0n) is 10.9. The number of carbonyl (C=O) groups excluding carboxylic acids is 2. The van der Waals surface area contributed by atoms with Gasteiger partial charge in [-0.2, -0.15) is 0 Å². The van der Waals surface area contributed by atoms with Gasteiger partial charge in [-0.15, -0.1) is 13.2 Å². The Labute approximate surface area is 118 Å². The molecule has 0 spiro atoms. The largest absolute Gasteiger partial charge is 0.573 e. The maximum Gasteiger partial charge on any atom is 0.573 e. The van der Waals surface area contributed by atoms with Crippen molar-refractivity contribution < 1.29 is 27.5 Å². The fourth-order valence-electron chi connectivity index (χ4n) is 1.90. The predicted molar refractivity (Wildman–Crippen MR) is 68.0 cm³/mol. The minimum Gasteiger partial charge on any atom is -0.406 e. The fraction of sp³-hybridized carbons (Fsp3) is 0.385. The van der Waals surface area contributed by atoms with Gasteiger partial charge in [0.2, 0.25) is 0 Å². The summed E-state index contributed by atoms with van der Waals surface area (Å²) in [6.45, 7) is 0.694. The lowest BCUT2D eigenvalue weighted by Crippen LogP contribution is -2.41. The molecule has 0 aromatic heterocycles. The number of hydrogen-bond donors (Lipinski definition) is 1. The molecule has 21 heavy (non-hydrogen) atoms. The number of nitrogens with one attached hydrogen (secondary N) is 1. The first-order valence-corrected chi connectivity index (χ1v) is 6.27. The third-order valence-electron chi connectivity index (χ3n) is 2.95. The zero-order chi connectivity index (χ0) is 15.5. The molecule has 1 saturated heterocycles. The Morgan fingerprint density at radius 3 is 2.24 bits per heavy atom. The van der Waals surface area contributed by atoms with Gasteiger partial charge in [-0.25, -0.2) is 4.79 Å². The van der Waals surface area contributed by atoms with Gasteiger partial charge in [0.15, 0.2) is 0 Å². The number of ether oxygens (including phenoxy) is 1. The summed E-state index contributed by atoms with van der Waals surface area (Å²) in [5.41, 5.74) is 0.353. The molecule has 0 radical (unpaired) electrons. The summed E-state index contributed by atoms with van der Waals surface area (Å²) in [7, 11) is 0. The Morgan fingerprint density at radius 2 is 1.71 bits per heavy atom. The number of Topliss-reactive ketones (excluding diaryl/α,β-unsaturated/α-hetero) is 1. The van der Waals surface area contributed by atoms with Crippen LogP contribution in [0.25, 0.3) is 0 Å². The number of urea groups is 1. The van der Waals surface area contributed by atoms with Crippen molar-refractivity contribution in [1.82, 2.24) is 4.90 Å². The van der Waals surface area contributed by atoms with Crippen molar-refractivity contribution in [3.8, 4) is 5.75 Å². The maximum atomic E-state index is 12.0. The van der Waals surface area contributed by atoms with Gasteiger partial charge in [-0.05, 0) is 24.3 Å². The lowest BCUT2D eigenvalue weighted by molar-refractivity contribution is -0.274. The number of nitrogens with zero attached hydrogens (tertiary/aromatic N) is 1. The fourth-order valence-corrected chi connectivity index (χ4v) is 1.90. The molecule has 0 atom stereocenters. The molecule has 1 heterocycles. The second kappa shape index (κ2) is 6.02. The minimum absolute atomic E-state index is 0.118. The lowest BCUT2D eigenvalue weighted by Gasteiger charge is -2.26. The van der Waals surface area contributed by atoms with Crippen molar-refractivity contribution in [2.24, 2.45) is 0 Å². The van der Waals surface area contributed by atoms with Crippen LogP contribution in [0, 0.1) is 0 Å². The summed E-state index contributed by atoms with van der Waals surface area (Å²) in [5.74, 6) is -0.239. The molecule has 1 fully saturated rings. The molecule has 1 aliphatic rings. The van der Waals surface area contributed by atoms with E-state index in [1.54, 1.807) is 0 Å². The van der Waals surface area contributed by atoms with E-state index in [2.05, 4.69) is 10.1 Å². The second-order valence-electron chi connectivity index (χ2n) is 4.53. The van der Waals surface area contributed by atoms with Crippen LogP contribution in [0.2, 0.25) is 0 Å². The number of benzene rings is 1. The van der Waals surface area contributed by atoms with Crippen LogP contribution in [0.1, 0.15) is 12.8 Å². The van der Waals surface area contributed by atoms with Crippen LogP contribution in [-0.2, 0) is 4.79 Å². The standard InChI is InChI=1S/C13H13F3N2O3/c14-13(15,16)21-11-3-1-9(2-4-11)17-12(20)18-7-5-10(19)6-8-18/h1-4H,5-8H2,(H,17,20). The van der Waals surface area contributed by atoms with E-state index in [9.17, 15) is 22.8 Å². The molecule has 0 bridgehead atoms. The number of hydrogen-bond acceptors (Lipinski definition) is 3.